The number of amides is 2. The Hall–Kier alpha value is -3.33. The van der Waals surface area contributed by atoms with Crippen LogP contribution in [0.1, 0.15) is 44.6 Å². The quantitative estimate of drug-likeness (QED) is 0.365. The largest absolute Gasteiger partial charge is 0.481 e. The molecule has 35 heavy (non-hydrogen) atoms. The van der Waals surface area contributed by atoms with Crippen molar-refractivity contribution in [1.29, 1.82) is 0 Å². The summed E-state index contributed by atoms with van der Waals surface area (Å²) in [6.07, 6.45) is 1.15. The molecule has 0 aliphatic rings. The fourth-order valence-corrected chi connectivity index (χ4v) is 4.33. The van der Waals surface area contributed by atoms with Gasteiger partial charge in [-0.1, -0.05) is 55.9 Å². The van der Waals surface area contributed by atoms with Gasteiger partial charge in [0.2, 0.25) is 5.91 Å². The van der Waals surface area contributed by atoms with Crippen molar-refractivity contribution in [2.75, 3.05) is 11.1 Å². The van der Waals surface area contributed by atoms with Crippen molar-refractivity contribution >= 4 is 29.3 Å². The van der Waals surface area contributed by atoms with Crippen LogP contribution in [-0.2, 0) is 35.5 Å². The molecule has 0 bridgehead atoms. The van der Waals surface area contributed by atoms with E-state index < -0.39 is 6.10 Å². The zero-order valence-corrected chi connectivity index (χ0v) is 21.5. The van der Waals surface area contributed by atoms with Crippen molar-refractivity contribution in [3.63, 3.8) is 0 Å². The Morgan fingerprint density at radius 2 is 1.77 bits per heavy atom. The summed E-state index contributed by atoms with van der Waals surface area (Å²) in [6, 6.07) is 15.5. The second-order valence-electron chi connectivity index (χ2n) is 7.97. The van der Waals surface area contributed by atoms with E-state index in [0.29, 0.717) is 23.3 Å². The van der Waals surface area contributed by atoms with E-state index in [0.717, 1.165) is 24.1 Å². The summed E-state index contributed by atoms with van der Waals surface area (Å²) < 4.78 is 7.65. The number of benzene rings is 2. The van der Waals surface area contributed by atoms with Gasteiger partial charge in [-0.2, -0.15) is 0 Å². The van der Waals surface area contributed by atoms with Gasteiger partial charge in [0.1, 0.15) is 5.75 Å². The number of hydrogen-bond donors (Lipinski definition) is 2. The van der Waals surface area contributed by atoms with Crippen molar-refractivity contribution in [3.05, 3.63) is 65.5 Å². The lowest BCUT2D eigenvalue weighted by molar-refractivity contribution is -0.127. The van der Waals surface area contributed by atoms with Crippen LogP contribution in [0.5, 0.6) is 5.75 Å². The maximum absolute atomic E-state index is 12.5. The predicted octanol–water partition coefficient (Wildman–Crippen LogP) is 4.24. The Morgan fingerprint density at radius 3 is 2.46 bits per heavy atom. The van der Waals surface area contributed by atoms with Crippen LogP contribution >= 0.6 is 11.8 Å². The van der Waals surface area contributed by atoms with E-state index in [1.54, 1.807) is 6.92 Å². The molecule has 2 N–H and O–H groups in total. The molecule has 0 aliphatic carbocycles. The van der Waals surface area contributed by atoms with Gasteiger partial charge in [0.15, 0.2) is 17.1 Å². The summed E-state index contributed by atoms with van der Waals surface area (Å²) in [6.45, 7) is 8.67. The van der Waals surface area contributed by atoms with Gasteiger partial charge in [0.25, 0.3) is 5.91 Å². The molecule has 186 valence electrons. The molecule has 9 heteroatoms. The minimum atomic E-state index is -0.649. The molecule has 1 atom stereocenters. The van der Waals surface area contributed by atoms with Gasteiger partial charge in [0, 0.05) is 12.2 Å². The first-order chi connectivity index (χ1) is 16.9. The zero-order chi connectivity index (χ0) is 25.2. The van der Waals surface area contributed by atoms with Gasteiger partial charge in [-0.05, 0) is 56.0 Å². The molecule has 0 radical (unpaired) electrons. The Kier molecular flexibility index (Phi) is 9.72. The van der Waals surface area contributed by atoms with Crippen molar-refractivity contribution < 1.29 is 14.3 Å². The fourth-order valence-electron chi connectivity index (χ4n) is 3.51. The molecular weight excluding hydrogens is 462 g/mol. The Labute approximate surface area is 210 Å². The van der Waals surface area contributed by atoms with Crippen LogP contribution in [0.3, 0.4) is 0 Å². The number of rotatable bonds is 12. The third-order valence-corrected chi connectivity index (χ3v) is 6.52. The van der Waals surface area contributed by atoms with Crippen LogP contribution in [0.4, 0.5) is 5.69 Å². The van der Waals surface area contributed by atoms with Crippen molar-refractivity contribution in [3.8, 4) is 5.75 Å². The molecule has 3 rings (SSSR count). The highest BCUT2D eigenvalue weighted by molar-refractivity contribution is 7.99. The van der Waals surface area contributed by atoms with Crippen molar-refractivity contribution in [2.45, 2.75) is 64.9 Å². The number of aryl methyl sites for hydroxylation is 2. The molecule has 0 spiro atoms. The summed E-state index contributed by atoms with van der Waals surface area (Å²) in [5.41, 5.74) is 3.14. The number of aromatic nitrogens is 3. The normalized spacial score (nSPS) is 11.7. The number of hydrogen-bond acceptors (Lipinski definition) is 6. The second-order valence-corrected chi connectivity index (χ2v) is 8.91. The highest BCUT2D eigenvalue weighted by Crippen LogP contribution is 2.20. The van der Waals surface area contributed by atoms with Gasteiger partial charge in [-0.25, -0.2) is 0 Å². The van der Waals surface area contributed by atoms with Gasteiger partial charge in [-0.3, -0.25) is 9.59 Å². The molecule has 8 nitrogen and oxygen atoms in total. The lowest BCUT2D eigenvalue weighted by Gasteiger charge is -2.15. The minimum Gasteiger partial charge on any atom is -0.481 e. The SMILES string of the molecule is CCc1ccc(O[C@H](C)C(=O)NCc2nnc(SCC(=O)Nc3ccccc3CC)n2CC)cc1. The van der Waals surface area contributed by atoms with Crippen LogP contribution in [0.25, 0.3) is 0 Å². The standard InChI is InChI=1S/C26H33N5O3S/c1-5-19-12-14-21(15-13-19)34-18(4)25(33)27-16-23-29-30-26(31(23)7-3)35-17-24(32)28-22-11-9-8-10-20(22)6-2/h8-15,18H,5-7,16-17H2,1-4H3,(H,27,33)(H,28,32)/t18-/m1/s1. The number of carbonyl (C=O) groups is 2. The lowest BCUT2D eigenvalue weighted by atomic mass is 10.1. The van der Waals surface area contributed by atoms with E-state index >= 15 is 0 Å². The minimum absolute atomic E-state index is 0.102. The Bertz CT molecular complexity index is 1130. The first-order valence-corrected chi connectivity index (χ1v) is 12.9. The average molecular weight is 496 g/mol. The number of nitrogens with zero attached hydrogens (tertiary/aromatic N) is 3. The first kappa shape index (κ1) is 26.3. The average Bonchev–Trinajstić information content (AvgIpc) is 3.28. The molecule has 2 aromatic carbocycles. The molecule has 0 unspecified atom stereocenters. The smallest absolute Gasteiger partial charge is 0.261 e. The third-order valence-electron chi connectivity index (χ3n) is 5.55. The highest BCUT2D eigenvalue weighted by atomic mass is 32.2. The van der Waals surface area contributed by atoms with Crippen LogP contribution in [0.2, 0.25) is 0 Å². The summed E-state index contributed by atoms with van der Waals surface area (Å²) in [5, 5.41) is 14.9. The summed E-state index contributed by atoms with van der Waals surface area (Å²) in [5.74, 6) is 1.15. The highest BCUT2D eigenvalue weighted by Gasteiger charge is 2.18. The van der Waals surface area contributed by atoms with Crippen LogP contribution < -0.4 is 15.4 Å². The molecular formula is C26H33N5O3S. The van der Waals surface area contributed by atoms with Crippen molar-refractivity contribution in [2.24, 2.45) is 0 Å². The molecule has 1 heterocycles. The van der Waals surface area contributed by atoms with Gasteiger partial charge >= 0.3 is 0 Å². The van der Waals surface area contributed by atoms with Gasteiger partial charge in [0.05, 0.1) is 12.3 Å². The number of ether oxygens (including phenoxy) is 1. The predicted molar refractivity (Wildman–Crippen MR) is 139 cm³/mol. The molecule has 0 saturated carbocycles. The number of nitrogens with one attached hydrogen (secondary N) is 2. The fraction of sp³-hybridized carbons (Fsp3) is 0.385. The first-order valence-electron chi connectivity index (χ1n) is 11.9. The number of anilines is 1. The van der Waals surface area contributed by atoms with Crippen LogP contribution in [0.15, 0.2) is 53.7 Å². The molecule has 3 aromatic rings. The monoisotopic (exact) mass is 495 g/mol. The zero-order valence-electron chi connectivity index (χ0n) is 20.7. The van der Waals surface area contributed by atoms with E-state index in [1.165, 1.54) is 17.3 Å². The van der Waals surface area contributed by atoms with Crippen LogP contribution in [-0.4, -0.2) is 38.4 Å². The Morgan fingerprint density at radius 1 is 1.03 bits per heavy atom. The van der Waals surface area contributed by atoms with Gasteiger partial charge in [-0.15, -0.1) is 10.2 Å². The number of carbonyl (C=O) groups excluding carboxylic acids is 2. The topological polar surface area (TPSA) is 98.1 Å². The van der Waals surface area contributed by atoms with E-state index in [1.807, 2.05) is 60.0 Å². The van der Waals surface area contributed by atoms with Crippen molar-refractivity contribution in [1.82, 2.24) is 20.1 Å². The molecule has 0 saturated heterocycles. The van der Waals surface area contributed by atoms with Crippen LogP contribution in [0, 0.1) is 0 Å². The lowest BCUT2D eigenvalue weighted by Crippen LogP contribution is -2.36. The summed E-state index contributed by atoms with van der Waals surface area (Å²) in [7, 11) is 0. The number of para-hydroxylation sites is 1. The van der Waals surface area contributed by atoms with E-state index in [-0.39, 0.29) is 24.1 Å². The maximum atomic E-state index is 12.5. The second kappa shape index (κ2) is 12.9. The Balaban J connectivity index is 1.52. The number of thioether (sulfide) groups is 1. The maximum Gasteiger partial charge on any atom is 0.261 e. The molecule has 0 fully saturated rings. The van der Waals surface area contributed by atoms with Gasteiger partial charge < -0.3 is 19.9 Å². The summed E-state index contributed by atoms with van der Waals surface area (Å²) >= 11 is 1.32. The van der Waals surface area contributed by atoms with E-state index in [2.05, 4.69) is 34.7 Å². The third kappa shape index (κ3) is 7.32. The molecule has 0 aliphatic heterocycles. The van der Waals surface area contributed by atoms with E-state index in [9.17, 15) is 9.59 Å². The summed E-state index contributed by atoms with van der Waals surface area (Å²) in [4.78, 5) is 25.0. The molecule has 1 aromatic heterocycles. The van der Waals surface area contributed by atoms with E-state index in [4.69, 9.17) is 4.74 Å². The molecule has 2 amide bonds.